The van der Waals surface area contributed by atoms with Crippen molar-refractivity contribution in [1.82, 2.24) is 0 Å². The molecular weight excluding hydrogens is 731 g/mol. The van der Waals surface area contributed by atoms with Crippen LogP contribution >= 0.6 is 17.0 Å². The second-order valence-electron chi connectivity index (χ2n) is 13.4. The Morgan fingerprint density at radius 1 is 0.653 bits per heavy atom. The van der Waals surface area contributed by atoms with Crippen LogP contribution in [-0.4, -0.2) is 9.52 Å². The third-order valence-electron chi connectivity index (χ3n) is 9.25. The fourth-order valence-electron chi connectivity index (χ4n) is 6.30. The predicted molar refractivity (Wildman–Crippen MR) is 220 cm³/mol. The molecule has 0 aliphatic rings. The van der Waals surface area contributed by atoms with Crippen LogP contribution in [0, 0.1) is 6.92 Å². The summed E-state index contributed by atoms with van der Waals surface area (Å²) in [6.07, 6.45) is 3.69. The molecule has 0 saturated carbocycles. The van der Waals surface area contributed by atoms with Gasteiger partial charge in [-0.05, 0) is 52.8 Å². The van der Waals surface area contributed by atoms with E-state index in [1.54, 1.807) is 0 Å². The van der Waals surface area contributed by atoms with Gasteiger partial charge in [-0.25, -0.2) is 0 Å². The molecule has 0 fully saturated rings. The van der Waals surface area contributed by atoms with E-state index in [1.165, 1.54) is 85.3 Å². The quantitative estimate of drug-likeness (QED) is 0.107. The molecule has 0 aliphatic carbocycles. The summed E-state index contributed by atoms with van der Waals surface area (Å²) in [6.45, 7) is 20.1. The standard InChI is InChI=1S/C23H27.C20H21.C2H6Si.2ClH.Zr/c1-5-7-17(4)21-14-20-8-6-9-22(23(20)15-21)19-12-10-18(11-13-19)16(2)3;1-4-15(3)16-8-10-17(11-9-16)19-7-5-6-18-12-14(2)13-20(18)19;1-3-2;;;/h6,8-17H,5,7H2,1-4H3;5-13,15H,4H2,1-3H3;1-2H3;2*1H;/q2*-1;;;;+4/p-2. The van der Waals surface area contributed by atoms with Gasteiger partial charge in [0.2, 0.25) is 0 Å². The number of fused-ring (bicyclic) bond motifs is 2. The molecule has 2 atom stereocenters. The molecule has 0 heterocycles. The Bertz CT molecular complexity index is 1810. The Kier molecular flexibility index (Phi) is 17.8. The first-order valence-corrected chi connectivity index (χ1v) is 26.1. The molecule has 0 N–H and O–H groups in total. The van der Waals surface area contributed by atoms with Crippen LogP contribution in [0.1, 0.15) is 101 Å². The van der Waals surface area contributed by atoms with E-state index in [0.717, 1.165) is 9.52 Å². The molecule has 6 aromatic rings. The van der Waals surface area contributed by atoms with Gasteiger partial charge in [-0.15, -0.1) is 69.1 Å². The van der Waals surface area contributed by atoms with Crippen molar-refractivity contribution in [3.05, 3.63) is 131 Å². The topological polar surface area (TPSA) is 0 Å². The van der Waals surface area contributed by atoms with Gasteiger partial charge >= 0.3 is 37.9 Å². The number of halogens is 2. The molecule has 6 aromatic carbocycles. The zero-order chi connectivity index (χ0) is 35.9. The Morgan fingerprint density at radius 2 is 1.12 bits per heavy atom. The Morgan fingerprint density at radius 3 is 1.59 bits per heavy atom. The van der Waals surface area contributed by atoms with Gasteiger partial charge < -0.3 is 0 Å². The van der Waals surface area contributed by atoms with Crippen LogP contribution in [0.2, 0.25) is 13.1 Å². The summed E-state index contributed by atoms with van der Waals surface area (Å²) in [6, 6.07) is 40.7. The molecule has 6 rings (SSSR count). The summed E-state index contributed by atoms with van der Waals surface area (Å²) in [7, 11) is 11.0. The van der Waals surface area contributed by atoms with Crippen LogP contribution in [0.5, 0.6) is 0 Å². The molecular formula is C45H54Cl2SiZr. The fraction of sp³-hybridized carbons (Fsp3) is 0.333. The van der Waals surface area contributed by atoms with E-state index < -0.39 is 20.8 Å². The van der Waals surface area contributed by atoms with Crippen molar-refractivity contribution in [2.75, 3.05) is 0 Å². The first-order valence-electron chi connectivity index (χ1n) is 17.7. The number of rotatable bonds is 8. The predicted octanol–water partition coefficient (Wildman–Crippen LogP) is 15.5. The zero-order valence-corrected chi connectivity index (χ0v) is 36.0. The minimum absolute atomic E-state index is 0.584. The van der Waals surface area contributed by atoms with E-state index in [0.29, 0.717) is 17.8 Å². The van der Waals surface area contributed by atoms with Crippen molar-refractivity contribution < 1.29 is 20.8 Å². The number of aryl methyl sites for hydroxylation is 1. The number of benzene rings is 4. The molecule has 0 spiro atoms. The van der Waals surface area contributed by atoms with Gasteiger partial charge in [0.25, 0.3) is 0 Å². The molecule has 4 heteroatoms. The monoisotopic (exact) mass is 782 g/mol. The molecule has 49 heavy (non-hydrogen) atoms. The molecule has 0 saturated heterocycles. The molecule has 0 nitrogen and oxygen atoms in total. The van der Waals surface area contributed by atoms with Crippen molar-refractivity contribution in [3.63, 3.8) is 0 Å². The summed E-state index contributed by atoms with van der Waals surface area (Å²) >= 11 is -0.826. The fourth-order valence-corrected chi connectivity index (χ4v) is 6.30. The van der Waals surface area contributed by atoms with E-state index >= 15 is 0 Å². The minimum atomic E-state index is -0.826. The van der Waals surface area contributed by atoms with Crippen molar-refractivity contribution in [2.24, 2.45) is 0 Å². The van der Waals surface area contributed by atoms with Gasteiger partial charge in [0.15, 0.2) is 0 Å². The Hall–Kier alpha value is -2.22. The molecule has 2 unspecified atom stereocenters. The third kappa shape index (κ3) is 11.7. The summed E-state index contributed by atoms with van der Waals surface area (Å²) in [5.74, 6) is 1.87. The summed E-state index contributed by atoms with van der Waals surface area (Å²) < 4.78 is 0. The van der Waals surface area contributed by atoms with E-state index in [1.807, 2.05) is 0 Å². The van der Waals surface area contributed by atoms with Gasteiger partial charge in [0.1, 0.15) is 0 Å². The van der Waals surface area contributed by atoms with Crippen LogP contribution in [0.15, 0.2) is 109 Å². The van der Waals surface area contributed by atoms with Gasteiger partial charge in [0, 0.05) is 9.52 Å². The SMILES string of the molecule is CCC(C)c1ccc(-c2cccc3[cH-]c(C)cc23)cc1.CCCC(C)c1cc2c(-c3ccc(C(C)C)cc3)cccc2[cH-]1.C[Si]C.[Cl][Zr+2][Cl]. The van der Waals surface area contributed by atoms with Crippen molar-refractivity contribution in [3.8, 4) is 22.3 Å². The number of hydrogen-bond donors (Lipinski definition) is 0. The first kappa shape index (κ1) is 41.2. The normalized spacial score (nSPS) is 11.8. The molecule has 0 aromatic heterocycles. The van der Waals surface area contributed by atoms with Crippen LogP contribution in [0.4, 0.5) is 0 Å². The molecule has 0 amide bonds. The van der Waals surface area contributed by atoms with Crippen molar-refractivity contribution in [2.45, 2.75) is 98.6 Å². The maximum atomic E-state index is 4.93. The van der Waals surface area contributed by atoms with E-state index in [-0.39, 0.29) is 0 Å². The Balaban J connectivity index is 0.000000230. The van der Waals surface area contributed by atoms with Crippen molar-refractivity contribution >= 4 is 48.1 Å². The zero-order valence-electron chi connectivity index (χ0n) is 31.0. The van der Waals surface area contributed by atoms with Crippen LogP contribution < -0.4 is 0 Å². The van der Waals surface area contributed by atoms with E-state index in [2.05, 4.69) is 171 Å². The molecule has 2 radical (unpaired) electrons. The molecule has 0 aliphatic heterocycles. The summed E-state index contributed by atoms with van der Waals surface area (Å²) in [4.78, 5) is 0. The number of hydrogen-bond acceptors (Lipinski definition) is 0. The molecule has 256 valence electrons. The van der Waals surface area contributed by atoms with Gasteiger partial charge in [-0.1, -0.05) is 140 Å². The summed E-state index contributed by atoms with van der Waals surface area (Å²) in [5, 5.41) is 5.46. The third-order valence-corrected chi connectivity index (χ3v) is 9.25. The first-order chi connectivity index (χ1) is 23.6. The average Bonchev–Trinajstić information content (AvgIpc) is 3.72. The molecule has 0 bridgehead atoms. The summed E-state index contributed by atoms with van der Waals surface area (Å²) in [5.41, 5.74) is 11.0. The van der Waals surface area contributed by atoms with Crippen LogP contribution in [0.25, 0.3) is 43.8 Å². The maximum absolute atomic E-state index is 4.93. The van der Waals surface area contributed by atoms with Crippen LogP contribution in [-0.2, 0) is 20.8 Å². The average molecular weight is 785 g/mol. The Labute approximate surface area is 318 Å². The van der Waals surface area contributed by atoms with Crippen molar-refractivity contribution in [1.29, 1.82) is 0 Å². The van der Waals surface area contributed by atoms with Gasteiger partial charge in [0.05, 0.1) is 0 Å². The van der Waals surface area contributed by atoms with E-state index in [9.17, 15) is 0 Å². The van der Waals surface area contributed by atoms with E-state index in [4.69, 9.17) is 17.0 Å². The van der Waals surface area contributed by atoms with Gasteiger partial charge in [-0.2, -0.15) is 12.1 Å². The second kappa shape index (κ2) is 21.2. The van der Waals surface area contributed by atoms with Gasteiger partial charge in [-0.3, -0.25) is 0 Å². The van der Waals surface area contributed by atoms with Crippen LogP contribution in [0.3, 0.4) is 0 Å². The second-order valence-corrected chi connectivity index (χ2v) is 18.1.